The topological polar surface area (TPSA) is 35.6 Å². The Bertz CT molecular complexity index is 2790. The van der Waals surface area contributed by atoms with Crippen LogP contribution in [0, 0.1) is 0 Å². The van der Waals surface area contributed by atoms with Gasteiger partial charge in [0.25, 0.3) is 0 Å². The zero-order chi connectivity index (χ0) is 33.0. The van der Waals surface area contributed by atoms with E-state index >= 15 is 0 Å². The van der Waals surface area contributed by atoms with E-state index in [1.807, 2.05) is 24.4 Å². The maximum atomic E-state index is 5.15. The van der Waals surface area contributed by atoms with Crippen molar-refractivity contribution in [2.75, 3.05) is 0 Å². The van der Waals surface area contributed by atoms with Crippen LogP contribution in [-0.4, -0.2) is 19.1 Å². The predicted octanol–water partition coefficient (Wildman–Crippen LogP) is 11.7. The molecule has 0 aliphatic carbocycles. The number of rotatable bonds is 5. The molecule has 0 N–H and O–H groups in total. The molecule has 0 saturated carbocycles. The molecule has 4 nitrogen and oxygen atoms in total. The molecule has 4 heterocycles. The molecular weight excluding hydrogens is 609 g/mol. The van der Waals surface area contributed by atoms with E-state index in [0.717, 1.165) is 61.4 Å². The number of benzene rings is 6. The number of para-hydroxylation sites is 3. The van der Waals surface area contributed by atoms with Crippen LogP contribution in [0.3, 0.4) is 0 Å². The molecule has 0 amide bonds. The first kappa shape index (κ1) is 28.3. The first-order valence-electron chi connectivity index (χ1n) is 16.9. The minimum absolute atomic E-state index is 0.929. The maximum Gasteiger partial charge on any atom is 0.0963 e. The molecular formula is C46H30N4. The van der Waals surface area contributed by atoms with Crippen molar-refractivity contribution in [2.24, 2.45) is 0 Å². The van der Waals surface area contributed by atoms with Gasteiger partial charge < -0.3 is 9.13 Å². The van der Waals surface area contributed by atoms with Gasteiger partial charge in [0.2, 0.25) is 0 Å². The summed E-state index contributed by atoms with van der Waals surface area (Å²) in [5, 5.41) is 3.59. The lowest BCUT2D eigenvalue weighted by Crippen LogP contribution is -1.98. The molecule has 0 saturated heterocycles. The van der Waals surface area contributed by atoms with Crippen LogP contribution in [0.5, 0.6) is 0 Å². The number of nitrogens with zero attached hydrogens (tertiary/aromatic N) is 4. The van der Waals surface area contributed by atoms with Gasteiger partial charge in [-0.15, -0.1) is 0 Å². The number of aromatic nitrogens is 4. The van der Waals surface area contributed by atoms with Crippen molar-refractivity contribution >= 4 is 43.7 Å². The second-order valence-electron chi connectivity index (χ2n) is 12.7. The number of hydrogen-bond acceptors (Lipinski definition) is 2. The second-order valence-corrected chi connectivity index (χ2v) is 12.7. The molecule has 0 unspecified atom stereocenters. The van der Waals surface area contributed by atoms with Crippen molar-refractivity contribution in [2.45, 2.75) is 0 Å². The van der Waals surface area contributed by atoms with Gasteiger partial charge in [-0.2, -0.15) is 0 Å². The second kappa shape index (κ2) is 11.4. The van der Waals surface area contributed by atoms with E-state index in [0.29, 0.717) is 0 Å². The van der Waals surface area contributed by atoms with Gasteiger partial charge in [0.1, 0.15) is 0 Å². The third-order valence-corrected chi connectivity index (χ3v) is 9.75. The van der Waals surface area contributed by atoms with E-state index in [2.05, 4.69) is 167 Å². The van der Waals surface area contributed by atoms with E-state index in [-0.39, 0.29) is 0 Å². The van der Waals surface area contributed by atoms with Gasteiger partial charge in [-0.05, 0) is 60.2 Å². The lowest BCUT2D eigenvalue weighted by atomic mass is 10.0. The molecule has 10 aromatic rings. The fourth-order valence-electron chi connectivity index (χ4n) is 7.54. The third-order valence-electron chi connectivity index (χ3n) is 9.75. The Hall–Kier alpha value is -6.78. The van der Waals surface area contributed by atoms with Crippen molar-refractivity contribution in [3.63, 3.8) is 0 Å². The average molecular weight is 639 g/mol. The molecule has 0 bridgehead atoms. The van der Waals surface area contributed by atoms with Crippen LogP contribution in [0.2, 0.25) is 0 Å². The standard InChI is InChI=1S/C46H30N4/c1-4-14-31(15-5-1)40-29-35(30-41(48-40)32-16-6-2-7-17-32)49-43-26-25-33(28-39(43)45-44(49)24-13-27-47-45)36-21-12-22-38-37-20-10-11-23-42(37)50(46(36)38)34-18-8-3-9-19-34/h1-30H. The molecule has 0 aliphatic rings. The van der Waals surface area contributed by atoms with Crippen molar-refractivity contribution in [3.05, 3.63) is 182 Å². The zero-order valence-corrected chi connectivity index (χ0v) is 27.1. The number of fused-ring (bicyclic) bond motifs is 6. The van der Waals surface area contributed by atoms with E-state index in [9.17, 15) is 0 Å². The Morgan fingerprint density at radius 3 is 1.74 bits per heavy atom. The van der Waals surface area contributed by atoms with Crippen LogP contribution in [0.25, 0.3) is 88.8 Å². The lowest BCUT2D eigenvalue weighted by molar-refractivity contribution is 1.15. The van der Waals surface area contributed by atoms with Crippen LogP contribution >= 0.6 is 0 Å². The lowest BCUT2D eigenvalue weighted by Gasteiger charge is -2.14. The van der Waals surface area contributed by atoms with E-state index in [1.54, 1.807) is 0 Å². The first-order chi connectivity index (χ1) is 24.8. The van der Waals surface area contributed by atoms with Gasteiger partial charge >= 0.3 is 0 Å². The molecule has 0 aliphatic heterocycles. The highest BCUT2D eigenvalue weighted by atomic mass is 15.0. The van der Waals surface area contributed by atoms with Crippen molar-refractivity contribution < 1.29 is 0 Å². The molecule has 0 spiro atoms. The SMILES string of the molecule is c1ccc(-c2cc(-n3c4ccc(-c5cccc6c7ccccc7n(-c7ccccc7)c56)cc4c4ncccc43)cc(-c3ccccc3)n2)cc1. The van der Waals surface area contributed by atoms with E-state index < -0.39 is 0 Å². The van der Waals surface area contributed by atoms with Crippen molar-refractivity contribution in [1.82, 2.24) is 19.1 Å². The maximum absolute atomic E-state index is 5.15. The van der Waals surface area contributed by atoms with Gasteiger partial charge in [-0.3, -0.25) is 4.98 Å². The molecule has 6 aromatic carbocycles. The molecule has 0 atom stereocenters. The Morgan fingerprint density at radius 1 is 0.380 bits per heavy atom. The third kappa shape index (κ3) is 4.46. The van der Waals surface area contributed by atoms with E-state index in [1.165, 1.54) is 27.4 Å². The molecule has 234 valence electrons. The highest BCUT2D eigenvalue weighted by Gasteiger charge is 2.20. The molecule has 4 aromatic heterocycles. The molecule has 4 heteroatoms. The van der Waals surface area contributed by atoms with Crippen LogP contribution in [0.1, 0.15) is 0 Å². The van der Waals surface area contributed by atoms with Gasteiger partial charge in [-0.1, -0.05) is 121 Å². The first-order valence-corrected chi connectivity index (χ1v) is 16.9. The van der Waals surface area contributed by atoms with E-state index in [4.69, 9.17) is 9.97 Å². The summed E-state index contributed by atoms with van der Waals surface area (Å²) >= 11 is 0. The molecule has 50 heavy (non-hydrogen) atoms. The monoisotopic (exact) mass is 638 g/mol. The highest BCUT2D eigenvalue weighted by Crippen LogP contribution is 2.41. The van der Waals surface area contributed by atoms with Gasteiger partial charge in [0.15, 0.2) is 0 Å². The number of pyridine rings is 2. The fraction of sp³-hybridized carbons (Fsp3) is 0. The van der Waals surface area contributed by atoms with Crippen LogP contribution < -0.4 is 0 Å². The van der Waals surface area contributed by atoms with Crippen LogP contribution in [0.15, 0.2) is 182 Å². The summed E-state index contributed by atoms with van der Waals surface area (Å²) in [5.74, 6) is 0. The van der Waals surface area contributed by atoms with Gasteiger partial charge in [0, 0.05) is 44.7 Å². The normalized spacial score (nSPS) is 11.6. The van der Waals surface area contributed by atoms with Crippen LogP contribution in [0.4, 0.5) is 0 Å². The minimum atomic E-state index is 0.929. The fourth-order valence-corrected chi connectivity index (χ4v) is 7.54. The summed E-state index contributed by atoms with van der Waals surface area (Å²) < 4.78 is 4.74. The summed E-state index contributed by atoms with van der Waals surface area (Å²) in [6, 6.07) is 62.3. The van der Waals surface area contributed by atoms with Crippen molar-refractivity contribution in [1.29, 1.82) is 0 Å². The number of hydrogen-bond donors (Lipinski definition) is 0. The summed E-state index contributed by atoms with van der Waals surface area (Å²) in [6.07, 6.45) is 1.89. The predicted molar refractivity (Wildman–Crippen MR) is 207 cm³/mol. The summed E-state index contributed by atoms with van der Waals surface area (Å²) in [5.41, 5.74) is 14.1. The molecule has 0 radical (unpaired) electrons. The van der Waals surface area contributed by atoms with Crippen molar-refractivity contribution in [3.8, 4) is 45.0 Å². The molecule has 0 fully saturated rings. The summed E-state index contributed by atoms with van der Waals surface area (Å²) in [4.78, 5) is 10.1. The Morgan fingerprint density at radius 2 is 1.00 bits per heavy atom. The molecule has 10 rings (SSSR count). The minimum Gasteiger partial charge on any atom is -0.309 e. The quantitative estimate of drug-likeness (QED) is 0.188. The smallest absolute Gasteiger partial charge is 0.0963 e. The summed E-state index contributed by atoms with van der Waals surface area (Å²) in [6.45, 7) is 0. The highest BCUT2D eigenvalue weighted by molar-refractivity contribution is 6.15. The van der Waals surface area contributed by atoms with Gasteiger partial charge in [-0.25, -0.2) is 4.98 Å². The Balaban J connectivity index is 1.23. The van der Waals surface area contributed by atoms with Gasteiger partial charge in [0.05, 0.1) is 44.7 Å². The Kier molecular flexibility index (Phi) is 6.46. The summed E-state index contributed by atoms with van der Waals surface area (Å²) in [7, 11) is 0. The Labute approximate surface area is 289 Å². The zero-order valence-electron chi connectivity index (χ0n) is 27.1. The largest absolute Gasteiger partial charge is 0.309 e. The van der Waals surface area contributed by atoms with Crippen LogP contribution in [-0.2, 0) is 0 Å². The average Bonchev–Trinajstić information content (AvgIpc) is 3.71.